The number of carbonyl (C=O) groups is 1. The van der Waals surface area contributed by atoms with Gasteiger partial charge in [-0.1, -0.05) is 24.3 Å². The molecular formula is C23H20N4O5S. The molecule has 0 fully saturated rings. The van der Waals surface area contributed by atoms with E-state index < -0.39 is 14.9 Å². The molecule has 4 aromatic rings. The molecule has 0 aliphatic heterocycles. The summed E-state index contributed by atoms with van der Waals surface area (Å²) in [6.07, 6.45) is 1.68. The van der Waals surface area contributed by atoms with Crippen LogP contribution in [0.3, 0.4) is 0 Å². The van der Waals surface area contributed by atoms with Gasteiger partial charge in [0.2, 0.25) is 5.91 Å². The highest BCUT2D eigenvalue weighted by atomic mass is 32.2. The van der Waals surface area contributed by atoms with Gasteiger partial charge >= 0.3 is 0 Å². The summed E-state index contributed by atoms with van der Waals surface area (Å²) in [5.41, 5.74) is 2.16. The number of amides is 1. The van der Waals surface area contributed by atoms with Gasteiger partial charge in [0.1, 0.15) is 6.54 Å². The lowest BCUT2D eigenvalue weighted by molar-refractivity contribution is -0.384. The lowest BCUT2D eigenvalue weighted by Crippen LogP contribution is -2.19. The average Bonchev–Trinajstić information content (AvgIpc) is 3.18. The minimum absolute atomic E-state index is 0.0136. The topological polar surface area (TPSA) is 123 Å². The number of sulfonamides is 1. The van der Waals surface area contributed by atoms with E-state index in [0.717, 1.165) is 0 Å². The van der Waals surface area contributed by atoms with E-state index in [2.05, 4.69) is 10.0 Å². The van der Waals surface area contributed by atoms with Crippen molar-refractivity contribution in [2.75, 3.05) is 10.0 Å². The molecule has 168 valence electrons. The van der Waals surface area contributed by atoms with Crippen LogP contribution >= 0.6 is 0 Å². The molecule has 1 amide bonds. The number of nitrogens with one attached hydrogen (secondary N) is 2. The van der Waals surface area contributed by atoms with E-state index in [1.807, 2.05) is 0 Å². The molecule has 3 aromatic carbocycles. The van der Waals surface area contributed by atoms with Crippen molar-refractivity contribution in [1.29, 1.82) is 0 Å². The minimum Gasteiger partial charge on any atom is -0.338 e. The second-order valence-electron chi connectivity index (χ2n) is 7.44. The molecule has 1 heterocycles. The number of non-ortho nitro benzene ring substituents is 1. The second-order valence-corrected chi connectivity index (χ2v) is 9.12. The maximum atomic E-state index is 12.6. The Morgan fingerprint density at radius 1 is 1.03 bits per heavy atom. The molecule has 33 heavy (non-hydrogen) atoms. The third-order valence-corrected chi connectivity index (χ3v) is 6.48. The first-order valence-corrected chi connectivity index (χ1v) is 11.4. The molecule has 0 aliphatic rings. The highest BCUT2D eigenvalue weighted by molar-refractivity contribution is 7.92. The molecule has 0 spiro atoms. The summed E-state index contributed by atoms with van der Waals surface area (Å²) in [6.45, 7) is 1.75. The van der Waals surface area contributed by atoms with E-state index >= 15 is 0 Å². The Balaban J connectivity index is 1.50. The molecule has 1 aromatic heterocycles. The number of hydrogen-bond acceptors (Lipinski definition) is 5. The molecule has 0 bridgehead atoms. The summed E-state index contributed by atoms with van der Waals surface area (Å²) < 4.78 is 29.5. The summed E-state index contributed by atoms with van der Waals surface area (Å²) >= 11 is 0. The third-order valence-electron chi connectivity index (χ3n) is 5.10. The summed E-state index contributed by atoms with van der Waals surface area (Å²) in [5.74, 6) is -0.327. The number of anilines is 2. The monoisotopic (exact) mass is 464 g/mol. The fourth-order valence-electron chi connectivity index (χ4n) is 3.41. The predicted molar refractivity (Wildman–Crippen MR) is 126 cm³/mol. The van der Waals surface area contributed by atoms with Crippen LogP contribution in [-0.2, 0) is 21.4 Å². The van der Waals surface area contributed by atoms with E-state index in [-0.39, 0.29) is 23.0 Å². The molecule has 4 rings (SSSR count). The number of carbonyl (C=O) groups excluding carboxylic acids is 1. The number of aryl methyl sites for hydroxylation is 1. The van der Waals surface area contributed by atoms with Gasteiger partial charge in [-0.15, -0.1) is 0 Å². The molecule has 10 heteroatoms. The van der Waals surface area contributed by atoms with Gasteiger partial charge in [0, 0.05) is 34.9 Å². The summed E-state index contributed by atoms with van der Waals surface area (Å²) in [5, 5.41) is 14.4. The van der Waals surface area contributed by atoms with Crippen LogP contribution < -0.4 is 10.0 Å². The highest BCUT2D eigenvalue weighted by Crippen LogP contribution is 2.25. The fourth-order valence-corrected chi connectivity index (χ4v) is 4.55. The average molecular weight is 465 g/mol. The second kappa shape index (κ2) is 8.75. The Kier molecular flexibility index (Phi) is 5.84. The molecule has 0 atom stereocenters. The van der Waals surface area contributed by atoms with Gasteiger partial charge in [0.15, 0.2) is 0 Å². The number of nitrogens with zero attached hydrogens (tertiary/aromatic N) is 2. The Hall–Kier alpha value is -4.18. The minimum atomic E-state index is -3.77. The van der Waals surface area contributed by atoms with Crippen LogP contribution in [0, 0.1) is 17.0 Å². The molecule has 9 nitrogen and oxygen atoms in total. The lowest BCUT2D eigenvalue weighted by Gasteiger charge is -2.13. The quantitative estimate of drug-likeness (QED) is 0.312. The van der Waals surface area contributed by atoms with E-state index in [4.69, 9.17) is 0 Å². The van der Waals surface area contributed by atoms with E-state index in [1.54, 1.807) is 66.2 Å². The van der Waals surface area contributed by atoms with Crippen molar-refractivity contribution in [2.45, 2.75) is 18.4 Å². The molecule has 2 N–H and O–H groups in total. The van der Waals surface area contributed by atoms with Crippen LogP contribution in [0.5, 0.6) is 0 Å². The van der Waals surface area contributed by atoms with Gasteiger partial charge in [0.05, 0.1) is 15.5 Å². The Bertz CT molecular complexity index is 1460. The largest absolute Gasteiger partial charge is 0.338 e. The van der Waals surface area contributed by atoms with Crippen LogP contribution in [-0.4, -0.2) is 23.8 Å². The van der Waals surface area contributed by atoms with Crippen molar-refractivity contribution < 1.29 is 18.1 Å². The summed E-state index contributed by atoms with van der Waals surface area (Å²) in [4.78, 5) is 23.2. The van der Waals surface area contributed by atoms with Gasteiger partial charge in [0.25, 0.3) is 15.7 Å². The molecule has 0 radical (unpaired) electrons. The van der Waals surface area contributed by atoms with Crippen molar-refractivity contribution in [2.24, 2.45) is 0 Å². The number of hydrogen-bond donors (Lipinski definition) is 2. The number of fused-ring (bicyclic) bond motifs is 1. The maximum absolute atomic E-state index is 12.6. The Morgan fingerprint density at radius 2 is 1.79 bits per heavy atom. The van der Waals surface area contributed by atoms with Gasteiger partial charge < -0.3 is 9.88 Å². The van der Waals surface area contributed by atoms with Gasteiger partial charge in [-0.3, -0.25) is 19.6 Å². The van der Waals surface area contributed by atoms with E-state index in [9.17, 15) is 23.3 Å². The van der Waals surface area contributed by atoms with Gasteiger partial charge in [-0.2, -0.15) is 0 Å². The number of aromatic nitrogens is 1. The number of benzene rings is 3. The Labute approximate surface area is 189 Å². The first kappa shape index (κ1) is 22.0. The molecule has 0 saturated heterocycles. The summed E-state index contributed by atoms with van der Waals surface area (Å²) in [6, 6.07) is 19.1. The fraction of sp³-hybridized carbons (Fsp3) is 0.0870. The highest BCUT2D eigenvalue weighted by Gasteiger charge is 2.16. The van der Waals surface area contributed by atoms with Crippen molar-refractivity contribution in [3.8, 4) is 0 Å². The van der Waals surface area contributed by atoms with Gasteiger partial charge in [-0.25, -0.2) is 8.42 Å². The zero-order chi connectivity index (χ0) is 23.6. The van der Waals surface area contributed by atoms with Crippen LogP contribution in [0.2, 0.25) is 0 Å². The van der Waals surface area contributed by atoms with E-state index in [1.165, 1.54) is 24.3 Å². The Morgan fingerprint density at radius 3 is 2.52 bits per heavy atom. The van der Waals surface area contributed by atoms with Crippen molar-refractivity contribution >= 4 is 43.9 Å². The zero-order valence-corrected chi connectivity index (χ0v) is 18.4. The number of rotatable bonds is 7. The first-order chi connectivity index (χ1) is 15.7. The zero-order valence-electron chi connectivity index (χ0n) is 17.6. The smallest absolute Gasteiger partial charge is 0.270 e. The normalized spacial score (nSPS) is 11.3. The van der Waals surface area contributed by atoms with Crippen LogP contribution in [0.25, 0.3) is 10.9 Å². The third kappa shape index (κ3) is 4.85. The SMILES string of the molecule is Cc1ccc(NC(=O)Cn2ccc3cc([N+](=O)[O-])ccc32)cc1NS(=O)(=O)c1ccccc1. The molecule has 0 unspecified atom stereocenters. The number of nitro groups is 1. The van der Waals surface area contributed by atoms with Crippen LogP contribution in [0.15, 0.2) is 83.9 Å². The first-order valence-electron chi connectivity index (χ1n) is 9.94. The standard InChI is InChI=1S/C23H20N4O5S/c1-16-7-8-18(14-21(16)25-33(31,32)20-5-3-2-4-6-20)24-23(28)15-26-12-11-17-13-19(27(29)30)9-10-22(17)26/h2-14,25H,15H2,1H3,(H,24,28). The summed E-state index contributed by atoms with van der Waals surface area (Å²) in [7, 11) is -3.77. The molecular weight excluding hydrogens is 444 g/mol. The number of nitro benzene ring substituents is 1. The van der Waals surface area contributed by atoms with Crippen LogP contribution in [0.1, 0.15) is 5.56 Å². The lowest BCUT2D eigenvalue weighted by atomic mass is 10.2. The van der Waals surface area contributed by atoms with Crippen LogP contribution in [0.4, 0.5) is 17.1 Å². The van der Waals surface area contributed by atoms with Gasteiger partial charge in [-0.05, 0) is 48.9 Å². The molecule has 0 aliphatic carbocycles. The maximum Gasteiger partial charge on any atom is 0.270 e. The van der Waals surface area contributed by atoms with Crippen molar-refractivity contribution in [3.63, 3.8) is 0 Å². The van der Waals surface area contributed by atoms with E-state index in [0.29, 0.717) is 27.8 Å². The molecule has 0 saturated carbocycles. The van der Waals surface area contributed by atoms with Crippen molar-refractivity contribution in [3.05, 3.63) is 94.7 Å². The van der Waals surface area contributed by atoms with Crippen molar-refractivity contribution in [1.82, 2.24) is 4.57 Å². The predicted octanol–water partition coefficient (Wildman–Crippen LogP) is 4.30.